The number of rotatable bonds is 8. The fourth-order valence-corrected chi connectivity index (χ4v) is 3.22. The second-order valence-electron chi connectivity index (χ2n) is 5.42. The van der Waals surface area contributed by atoms with E-state index in [2.05, 4.69) is 15.3 Å². The standard InChI is InChI=1S/C15H15F2N5O4S/c1-2-3-4-27-15-20-19-14(13(16)17)21(15)18-7-9-5-11-12(26-8-25-11)6-10(9)22(23)24/h5-7,13H,2-4,8H2,1H3. The molecule has 1 aliphatic heterocycles. The average Bonchev–Trinajstić information content (AvgIpc) is 3.25. The number of unbranched alkanes of at least 4 members (excludes halogenated alkanes) is 1. The Morgan fingerprint density at radius 3 is 2.81 bits per heavy atom. The predicted molar refractivity (Wildman–Crippen MR) is 92.8 cm³/mol. The lowest BCUT2D eigenvalue weighted by Crippen LogP contribution is -2.02. The van der Waals surface area contributed by atoms with E-state index in [-0.39, 0.29) is 28.9 Å². The van der Waals surface area contributed by atoms with Crippen molar-refractivity contribution in [3.8, 4) is 11.5 Å². The third-order valence-corrected chi connectivity index (χ3v) is 4.60. The van der Waals surface area contributed by atoms with Gasteiger partial charge < -0.3 is 9.47 Å². The van der Waals surface area contributed by atoms with Gasteiger partial charge in [-0.3, -0.25) is 10.1 Å². The monoisotopic (exact) mass is 399 g/mol. The lowest BCUT2D eigenvalue weighted by atomic mass is 10.1. The van der Waals surface area contributed by atoms with E-state index in [1.54, 1.807) is 0 Å². The van der Waals surface area contributed by atoms with Crippen molar-refractivity contribution in [1.29, 1.82) is 0 Å². The second-order valence-corrected chi connectivity index (χ2v) is 6.48. The van der Waals surface area contributed by atoms with Crippen LogP contribution in [-0.4, -0.2) is 38.6 Å². The molecule has 1 aliphatic rings. The van der Waals surface area contributed by atoms with Gasteiger partial charge in [0.1, 0.15) is 0 Å². The Morgan fingerprint density at radius 2 is 2.15 bits per heavy atom. The van der Waals surface area contributed by atoms with E-state index in [0.717, 1.165) is 23.7 Å². The average molecular weight is 399 g/mol. The number of halogens is 2. The lowest BCUT2D eigenvalue weighted by Gasteiger charge is -2.04. The van der Waals surface area contributed by atoms with Crippen molar-refractivity contribution < 1.29 is 23.2 Å². The number of nitrogens with zero attached hydrogens (tertiary/aromatic N) is 5. The Bertz CT molecular complexity index is 874. The first-order chi connectivity index (χ1) is 13.0. The molecule has 2 heterocycles. The first-order valence-corrected chi connectivity index (χ1v) is 8.98. The van der Waals surface area contributed by atoms with Crippen molar-refractivity contribution >= 4 is 23.7 Å². The predicted octanol–water partition coefficient (Wildman–Crippen LogP) is 3.63. The third kappa shape index (κ3) is 4.15. The summed E-state index contributed by atoms with van der Waals surface area (Å²) in [6.45, 7) is 1.96. The van der Waals surface area contributed by atoms with Crippen LogP contribution in [0, 0.1) is 10.1 Å². The van der Waals surface area contributed by atoms with Crippen LogP contribution in [0.3, 0.4) is 0 Å². The van der Waals surface area contributed by atoms with Crippen LogP contribution >= 0.6 is 11.8 Å². The molecule has 9 nitrogen and oxygen atoms in total. The number of benzene rings is 1. The summed E-state index contributed by atoms with van der Waals surface area (Å²) in [5.41, 5.74) is -0.197. The summed E-state index contributed by atoms with van der Waals surface area (Å²) in [5, 5.41) is 22.7. The summed E-state index contributed by atoms with van der Waals surface area (Å²) in [6, 6.07) is 2.58. The zero-order chi connectivity index (χ0) is 19.4. The fraction of sp³-hybridized carbons (Fsp3) is 0.400. The van der Waals surface area contributed by atoms with E-state index in [1.807, 2.05) is 6.92 Å². The van der Waals surface area contributed by atoms with Crippen LogP contribution in [0.15, 0.2) is 22.4 Å². The van der Waals surface area contributed by atoms with Crippen molar-refractivity contribution in [1.82, 2.24) is 14.9 Å². The van der Waals surface area contributed by atoms with Gasteiger partial charge >= 0.3 is 0 Å². The highest BCUT2D eigenvalue weighted by Crippen LogP contribution is 2.37. The van der Waals surface area contributed by atoms with E-state index in [9.17, 15) is 18.9 Å². The lowest BCUT2D eigenvalue weighted by molar-refractivity contribution is -0.385. The molecule has 3 rings (SSSR count). The largest absolute Gasteiger partial charge is 0.454 e. The van der Waals surface area contributed by atoms with Crippen LogP contribution in [0.4, 0.5) is 14.5 Å². The molecule has 0 amide bonds. The van der Waals surface area contributed by atoms with Crippen LogP contribution in [0.1, 0.15) is 37.6 Å². The second kappa shape index (κ2) is 8.29. The minimum absolute atomic E-state index is 0.0493. The topological polar surface area (TPSA) is 105 Å². The van der Waals surface area contributed by atoms with Crippen LogP contribution in [0.25, 0.3) is 0 Å². The molecule has 2 aromatic rings. The molecule has 0 unspecified atom stereocenters. The number of thioether (sulfide) groups is 1. The summed E-state index contributed by atoms with van der Waals surface area (Å²) in [7, 11) is 0. The summed E-state index contributed by atoms with van der Waals surface area (Å²) in [6.07, 6.45) is 0.0371. The van der Waals surface area contributed by atoms with Gasteiger partial charge in [-0.1, -0.05) is 25.1 Å². The van der Waals surface area contributed by atoms with Gasteiger partial charge in [0.15, 0.2) is 11.5 Å². The van der Waals surface area contributed by atoms with E-state index in [0.29, 0.717) is 11.5 Å². The van der Waals surface area contributed by atoms with Crippen molar-refractivity contribution in [2.24, 2.45) is 5.10 Å². The summed E-state index contributed by atoms with van der Waals surface area (Å²) in [4.78, 5) is 10.7. The van der Waals surface area contributed by atoms with Gasteiger partial charge in [0.25, 0.3) is 12.1 Å². The molecule has 27 heavy (non-hydrogen) atoms. The first-order valence-electron chi connectivity index (χ1n) is 8.00. The molecule has 0 bridgehead atoms. The van der Waals surface area contributed by atoms with E-state index >= 15 is 0 Å². The quantitative estimate of drug-likeness (QED) is 0.219. The molecule has 0 saturated carbocycles. The van der Waals surface area contributed by atoms with Crippen LogP contribution in [0.5, 0.6) is 11.5 Å². The van der Waals surface area contributed by atoms with Crippen molar-refractivity contribution in [3.05, 3.63) is 33.6 Å². The number of alkyl halides is 2. The van der Waals surface area contributed by atoms with Gasteiger partial charge in [0.05, 0.1) is 22.8 Å². The molecule has 0 radical (unpaired) electrons. The highest BCUT2D eigenvalue weighted by Gasteiger charge is 2.24. The Morgan fingerprint density at radius 1 is 1.41 bits per heavy atom. The van der Waals surface area contributed by atoms with Crippen LogP contribution in [-0.2, 0) is 0 Å². The maximum absolute atomic E-state index is 13.2. The highest BCUT2D eigenvalue weighted by molar-refractivity contribution is 7.99. The molecular formula is C15H15F2N5O4S. The fourth-order valence-electron chi connectivity index (χ4n) is 2.25. The molecular weight excluding hydrogens is 384 g/mol. The number of aromatic nitrogens is 3. The Labute approximate surface area is 156 Å². The maximum Gasteiger partial charge on any atom is 0.299 e. The van der Waals surface area contributed by atoms with E-state index in [1.165, 1.54) is 23.9 Å². The number of nitro groups is 1. The van der Waals surface area contributed by atoms with Gasteiger partial charge in [-0.15, -0.1) is 10.2 Å². The third-order valence-electron chi connectivity index (χ3n) is 3.59. The number of hydrogen-bond acceptors (Lipinski definition) is 8. The van der Waals surface area contributed by atoms with E-state index < -0.39 is 17.2 Å². The summed E-state index contributed by atoms with van der Waals surface area (Å²) < 4.78 is 37.6. The van der Waals surface area contributed by atoms with Crippen molar-refractivity contribution in [3.63, 3.8) is 0 Å². The summed E-state index contributed by atoms with van der Waals surface area (Å²) in [5.74, 6) is 0.593. The Hall–Kier alpha value is -2.76. The molecule has 0 atom stereocenters. The van der Waals surface area contributed by atoms with Gasteiger partial charge in [0.2, 0.25) is 17.8 Å². The Kier molecular flexibility index (Phi) is 5.84. The van der Waals surface area contributed by atoms with E-state index in [4.69, 9.17) is 9.47 Å². The zero-order valence-electron chi connectivity index (χ0n) is 14.2. The van der Waals surface area contributed by atoms with Gasteiger partial charge in [-0.2, -0.15) is 9.78 Å². The van der Waals surface area contributed by atoms with Gasteiger partial charge in [-0.05, 0) is 12.5 Å². The SMILES string of the molecule is CCCCSc1nnc(C(F)F)n1N=Cc1cc2c(cc1[N+](=O)[O-])OCO2. The molecule has 0 spiro atoms. The minimum Gasteiger partial charge on any atom is -0.454 e. The normalized spacial score (nSPS) is 13.0. The minimum atomic E-state index is -2.89. The molecule has 0 aliphatic carbocycles. The smallest absolute Gasteiger partial charge is 0.299 e. The van der Waals surface area contributed by atoms with Crippen LogP contribution < -0.4 is 9.47 Å². The zero-order valence-corrected chi connectivity index (χ0v) is 15.0. The summed E-state index contributed by atoms with van der Waals surface area (Å²) >= 11 is 1.24. The molecule has 1 aromatic carbocycles. The molecule has 144 valence electrons. The van der Waals surface area contributed by atoms with Crippen molar-refractivity contribution in [2.45, 2.75) is 31.3 Å². The van der Waals surface area contributed by atoms with Crippen LogP contribution in [0.2, 0.25) is 0 Å². The Balaban J connectivity index is 1.96. The van der Waals surface area contributed by atoms with Gasteiger partial charge in [0, 0.05) is 5.75 Å². The van der Waals surface area contributed by atoms with Gasteiger partial charge in [-0.25, -0.2) is 8.78 Å². The maximum atomic E-state index is 13.2. The molecule has 12 heteroatoms. The molecule has 0 N–H and O–H groups in total. The number of ether oxygens (including phenoxy) is 2. The number of hydrogen-bond donors (Lipinski definition) is 0. The molecule has 0 fully saturated rings. The molecule has 1 aromatic heterocycles. The first kappa shape index (κ1) is 19.0. The van der Waals surface area contributed by atoms with Crippen molar-refractivity contribution in [2.75, 3.05) is 12.5 Å². The number of fused-ring (bicyclic) bond motifs is 1. The highest BCUT2D eigenvalue weighted by atomic mass is 32.2. The number of nitro benzene ring substituents is 1. The molecule has 0 saturated heterocycles.